The summed E-state index contributed by atoms with van der Waals surface area (Å²) in [6, 6.07) is 7.93. The van der Waals surface area contributed by atoms with Gasteiger partial charge in [-0.25, -0.2) is 0 Å². The average molecular weight is 261 g/mol. The van der Waals surface area contributed by atoms with Gasteiger partial charge in [0, 0.05) is 11.6 Å². The van der Waals surface area contributed by atoms with E-state index in [1.807, 2.05) is 31.2 Å². The van der Waals surface area contributed by atoms with Gasteiger partial charge >= 0.3 is 0 Å². The number of likely N-dealkylation sites (tertiary alicyclic amines) is 1. The number of anilines is 1. The van der Waals surface area contributed by atoms with Crippen LogP contribution in [0.1, 0.15) is 31.7 Å². The molecule has 0 aromatic heterocycles. The molecule has 2 N–H and O–H groups in total. The molecule has 104 valence electrons. The van der Waals surface area contributed by atoms with Crippen LogP contribution in [-0.4, -0.2) is 25.5 Å². The van der Waals surface area contributed by atoms with Crippen molar-refractivity contribution in [3.05, 3.63) is 29.8 Å². The average Bonchev–Trinajstić information content (AvgIpc) is 2.39. The molecule has 1 aromatic rings. The van der Waals surface area contributed by atoms with Crippen LogP contribution in [0.5, 0.6) is 0 Å². The zero-order valence-electron chi connectivity index (χ0n) is 12.0. The van der Waals surface area contributed by atoms with Crippen molar-refractivity contribution in [2.75, 3.05) is 25.0 Å². The summed E-state index contributed by atoms with van der Waals surface area (Å²) < 4.78 is 0. The van der Waals surface area contributed by atoms with E-state index in [-0.39, 0.29) is 5.91 Å². The maximum Gasteiger partial charge on any atom is 0.230 e. The van der Waals surface area contributed by atoms with E-state index in [0.717, 1.165) is 23.7 Å². The fourth-order valence-corrected chi connectivity index (χ4v) is 2.84. The number of hydrogen-bond acceptors (Lipinski definition) is 1. The van der Waals surface area contributed by atoms with Gasteiger partial charge in [-0.3, -0.25) is 4.79 Å². The standard InChI is InChI=1S/C16H24N2O/c1-13-6-5-10-18(12-13)11-9-16(19)17-15-8-4-3-7-14(15)2/h3-4,7-8,13H,5-6,9-12H2,1-2H3,(H,17,19)/p+1/t13-/m1/s1. The van der Waals surface area contributed by atoms with Crippen LogP contribution in [0.2, 0.25) is 0 Å². The van der Waals surface area contributed by atoms with Gasteiger partial charge in [0.15, 0.2) is 0 Å². The highest BCUT2D eigenvalue weighted by atomic mass is 16.1. The van der Waals surface area contributed by atoms with Crippen molar-refractivity contribution in [1.82, 2.24) is 0 Å². The normalized spacial score (nSPS) is 23.1. The number of aryl methyl sites for hydroxylation is 1. The first-order chi connectivity index (χ1) is 9.15. The van der Waals surface area contributed by atoms with Gasteiger partial charge in [-0.05, 0) is 31.4 Å². The zero-order chi connectivity index (χ0) is 13.7. The second kappa shape index (κ2) is 6.71. The Kier molecular flexibility index (Phi) is 4.97. The van der Waals surface area contributed by atoms with E-state index in [1.165, 1.54) is 25.9 Å². The fraction of sp³-hybridized carbons (Fsp3) is 0.562. The number of para-hydroxylation sites is 1. The molecule has 3 nitrogen and oxygen atoms in total. The van der Waals surface area contributed by atoms with Crippen LogP contribution in [-0.2, 0) is 4.79 Å². The SMILES string of the molecule is Cc1ccccc1NC(=O)CC[NH+]1CCC[C@@H](C)C1. The van der Waals surface area contributed by atoms with Crippen LogP contribution in [0.25, 0.3) is 0 Å². The summed E-state index contributed by atoms with van der Waals surface area (Å²) in [5.41, 5.74) is 2.06. The molecule has 1 unspecified atom stereocenters. The van der Waals surface area contributed by atoms with Gasteiger partial charge in [-0.2, -0.15) is 0 Å². The number of carbonyl (C=O) groups is 1. The number of piperidine rings is 1. The van der Waals surface area contributed by atoms with Crippen LogP contribution < -0.4 is 10.2 Å². The summed E-state index contributed by atoms with van der Waals surface area (Å²) in [5.74, 6) is 0.947. The molecule has 1 amide bonds. The third-order valence-electron chi connectivity index (χ3n) is 3.99. The first-order valence-corrected chi connectivity index (χ1v) is 7.34. The molecule has 1 aliphatic heterocycles. The van der Waals surface area contributed by atoms with E-state index >= 15 is 0 Å². The Hall–Kier alpha value is -1.35. The second-order valence-corrected chi connectivity index (χ2v) is 5.81. The van der Waals surface area contributed by atoms with Gasteiger partial charge in [-0.15, -0.1) is 0 Å². The van der Waals surface area contributed by atoms with Gasteiger partial charge in [0.05, 0.1) is 26.1 Å². The smallest absolute Gasteiger partial charge is 0.230 e. The summed E-state index contributed by atoms with van der Waals surface area (Å²) in [6.07, 6.45) is 3.27. The minimum Gasteiger partial charge on any atom is -0.334 e. The van der Waals surface area contributed by atoms with Crippen molar-refractivity contribution in [2.45, 2.75) is 33.1 Å². The highest BCUT2D eigenvalue weighted by molar-refractivity contribution is 5.91. The summed E-state index contributed by atoms with van der Waals surface area (Å²) >= 11 is 0. The third kappa shape index (κ3) is 4.35. The van der Waals surface area contributed by atoms with Crippen LogP contribution in [0.4, 0.5) is 5.69 Å². The lowest BCUT2D eigenvalue weighted by molar-refractivity contribution is -0.907. The van der Waals surface area contributed by atoms with Gasteiger partial charge in [-0.1, -0.05) is 25.1 Å². The van der Waals surface area contributed by atoms with Crippen molar-refractivity contribution >= 4 is 11.6 Å². The predicted octanol–water partition coefficient (Wildman–Crippen LogP) is 1.64. The minimum atomic E-state index is 0.139. The molecule has 19 heavy (non-hydrogen) atoms. The Balaban J connectivity index is 1.77. The number of quaternary nitrogens is 1. The van der Waals surface area contributed by atoms with Crippen molar-refractivity contribution in [3.8, 4) is 0 Å². The van der Waals surface area contributed by atoms with Crippen molar-refractivity contribution < 1.29 is 9.69 Å². The Bertz CT molecular complexity index is 431. The molecule has 1 aliphatic rings. The Morgan fingerprint density at radius 1 is 1.42 bits per heavy atom. The molecule has 1 saturated heterocycles. The number of rotatable bonds is 4. The maximum atomic E-state index is 12.0. The number of amides is 1. The maximum absolute atomic E-state index is 12.0. The van der Waals surface area contributed by atoms with Gasteiger partial charge in [0.2, 0.25) is 5.91 Å². The van der Waals surface area contributed by atoms with Crippen LogP contribution >= 0.6 is 0 Å². The molecular weight excluding hydrogens is 236 g/mol. The first kappa shape index (κ1) is 14.1. The molecule has 0 bridgehead atoms. The van der Waals surface area contributed by atoms with E-state index in [4.69, 9.17) is 0 Å². The molecule has 0 spiro atoms. The molecule has 2 atom stereocenters. The predicted molar refractivity (Wildman–Crippen MR) is 78.4 cm³/mol. The molecule has 0 saturated carbocycles. The second-order valence-electron chi connectivity index (χ2n) is 5.81. The van der Waals surface area contributed by atoms with E-state index in [0.29, 0.717) is 6.42 Å². The Morgan fingerprint density at radius 3 is 2.95 bits per heavy atom. The lowest BCUT2D eigenvalue weighted by Crippen LogP contribution is -3.13. The van der Waals surface area contributed by atoms with Gasteiger partial charge < -0.3 is 10.2 Å². The van der Waals surface area contributed by atoms with Crippen LogP contribution in [0, 0.1) is 12.8 Å². The molecule has 0 radical (unpaired) electrons. The van der Waals surface area contributed by atoms with Crippen molar-refractivity contribution in [3.63, 3.8) is 0 Å². The summed E-state index contributed by atoms with van der Waals surface area (Å²) in [4.78, 5) is 13.5. The molecule has 0 aliphatic carbocycles. The van der Waals surface area contributed by atoms with Crippen LogP contribution in [0.3, 0.4) is 0 Å². The molecule has 3 heteroatoms. The number of carbonyl (C=O) groups excluding carboxylic acids is 1. The van der Waals surface area contributed by atoms with Gasteiger partial charge in [0.25, 0.3) is 0 Å². The fourth-order valence-electron chi connectivity index (χ4n) is 2.84. The number of benzene rings is 1. The number of hydrogen-bond donors (Lipinski definition) is 2. The molecule has 2 rings (SSSR count). The highest BCUT2D eigenvalue weighted by Crippen LogP contribution is 2.13. The molecule has 1 fully saturated rings. The van der Waals surface area contributed by atoms with Crippen molar-refractivity contribution in [1.29, 1.82) is 0 Å². The van der Waals surface area contributed by atoms with E-state index in [2.05, 4.69) is 12.2 Å². The third-order valence-corrected chi connectivity index (χ3v) is 3.99. The largest absolute Gasteiger partial charge is 0.334 e. The minimum absolute atomic E-state index is 0.139. The summed E-state index contributed by atoms with van der Waals surface area (Å²) in [7, 11) is 0. The Morgan fingerprint density at radius 2 is 2.21 bits per heavy atom. The first-order valence-electron chi connectivity index (χ1n) is 7.34. The van der Waals surface area contributed by atoms with Crippen molar-refractivity contribution in [2.24, 2.45) is 5.92 Å². The monoisotopic (exact) mass is 261 g/mol. The molecule has 1 heterocycles. The lowest BCUT2D eigenvalue weighted by Gasteiger charge is -2.27. The lowest BCUT2D eigenvalue weighted by atomic mass is 10.0. The van der Waals surface area contributed by atoms with E-state index in [1.54, 1.807) is 4.90 Å². The summed E-state index contributed by atoms with van der Waals surface area (Å²) in [6.45, 7) is 7.74. The number of nitrogens with one attached hydrogen (secondary N) is 2. The highest BCUT2D eigenvalue weighted by Gasteiger charge is 2.20. The quantitative estimate of drug-likeness (QED) is 0.849. The molecule has 1 aromatic carbocycles. The molecular formula is C16H25N2O+. The topological polar surface area (TPSA) is 33.5 Å². The van der Waals surface area contributed by atoms with E-state index < -0.39 is 0 Å². The Labute approximate surface area is 116 Å². The van der Waals surface area contributed by atoms with Crippen LogP contribution in [0.15, 0.2) is 24.3 Å². The van der Waals surface area contributed by atoms with Gasteiger partial charge in [0.1, 0.15) is 0 Å². The zero-order valence-corrected chi connectivity index (χ0v) is 12.0. The summed E-state index contributed by atoms with van der Waals surface area (Å²) in [5, 5.41) is 3.01. The van der Waals surface area contributed by atoms with E-state index in [9.17, 15) is 4.79 Å².